The van der Waals surface area contributed by atoms with Crippen LogP contribution in [0.2, 0.25) is 0 Å². The van der Waals surface area contributed by atoms with Gasteiger partial charge in [-0.15, -0.1) is 24.0 Å². The first-order valence-electron chi connectivity index (χ1n) is 8.20. The number of hydrogen-bond acceptors (Lipinski definition) is 2. The number of aryl methyl sites for hydroxylation is 1. The van der Waals surface area contributed by atoms with E-state index in [1.807, 2.05) is 7.05 Å². The monoisotopic (exact) mass is 430 g/mol. The highest BCUT2D eigenvalue weighted by Crippen LogP contribution is 2.26. The van der Waals surface area contributed by atoms with Crippen molar-refractivity contribution in [3.8, 4) is 0 Å². The van der Waals surface area contributed by atoms with Gasteiger partial charge >= 0.3 is 0 Å². The van der Waals surface area contributed by atoms with Crippen molar-refractivity contribution in [3.63, 3.8) is 0 Å². The molecule has 4 nitrogen and oxygen atoms in total. The molecule has 1 aliphatic rings. The fraction of sp³-hybridized carbons (Fsp3) is 0.611. The average molecular weight is 430 g/mol. The van der Waals surface area contributed by atoms with E-state index >= 15 is 0 Å². The topological polar surface area (TPSA) is 30.9 Å². The van der Waals surface area contributed by atoms with E-state index in [9.17, 15) is 0 Å². The second kappa shape index (κ2) is 9.47. The molecule has 1 aromatic rings. The van der Waals surface area contributed by atoms with E-state index < -0.39 is 0 Å². The third kappa shape index (κ3) is 6.30. The van der Waals surface area contributed by atoms with Crippen LogP contribution in [0.3, 0.4) is 0 Å². The number of aliphatic imine (C=N–C) groups is 1. The number of rotatable bonds is 6. The Kier molecular flexibility index (Phi) is 8.33. The molecule has 0 saturated heterocycles. The minimum Gasteiger partial charge on any atom is -0.355 e. The molecule has 23 heavy (non-hydrogen) atoms. The normalized spacial score (nSPS) is 16.0. The van der Waals surface area contributed by atoms with Crippen molar-refractivity contribution < 1.29 is 0 Å². The molecule has 1 aliphatic carbocycles. The zero-order valence-corrected chi connectivity index (χ0v) is 17.4. The van der Waals surface area contributed by atoms with Crippen LogP contribution in [0.4, 0.5) is 0 Å². The maximum atomic E-state index is 4.41. The highest BCUT2D eigenvalue weighted by atomic mass is 127. The Hall–Kier alpha value is -0.820. The molecular weight excluding hydrogens is 399 g/mol. The van der Waals surface area contributed by atoms with Gasteiger partial charge in [0.1, 0.15) is 0 Å². The fourth-order valence-electron chi connectivity index (χ4n) is 2.65. The van der Waals surface area contributed by atoms with Crippen molar-refractivity contribution in [1.82, 2.24) is 15.1 Å². The van der Waals surface area contributed by atoms with Crippen LogP contribution < -0.4 is 5.32 Å². The summed E-state index contributed by atoms with van der Waals surface area (Å²) in [7, 11) is 6.16. The van der Waals surface area contributed by atoms with E-state index in [2.05, 4.69) is 72.3 Å². The Balaban J connectivity index is 0.00000264. The molecule has 1 fully saturated rings. The van der Waals surface area contributed by atoms with Gasteiger partial charge in [0.25, 0.3) is 0 Å². The van der Waals surface area contributed by atoms with E-state index in [4.69, 9.17) is 0 Å². The largest absolute Gasteiger partial charge is 0.355 e. The first-order valence-corrected chi connectivity index (χ1v) is 8.20. The van der Waals surface area contributed by atoms with Crippen LogP contribution in [0.1, 0.15) is 30.9 Å². The van der Waals surface area contributed by atoms with Crippen molar-refractivity contribution in [3.05, 3.63) is 35.4 Å². The third-order valence-electron chi connectivity index (χ3n) is 4.49. The van der Waals surface area contributed by atoms with Gasteiger partial charge in [-0.25, -0.2) is 0 Å². The summed E-state index contributed by atoms with van der Waals surface area (Å²) in [6.45, 7) is 6.19. The molecule has 2 rings (SSSR count). The van der Waals surface area contributed by atoms with Crippen LogP contribution in [0.25, 0.3) is 0 Å². The number of nitrogens with one attached hydrogen (secondary N) is 1. The Morgan fingerprint density at radius 2 is 1.87 bits per heavy atom. The lowest BCUT2D eigenvalue weighted by atomic mass is 10.1. The SMILES string of the molecule is CN=C(NCC(C)N(C)C1CC1)N(C)Cc1ccc(C)cc1.I. The van der Waals surface area contributed by atoms with Crippen molar-refractivity contribution in [1.29, 1.82) is 0 Å². The lowest BCUT2D eigenvalue weighted by Crippen LogP contribution is -2.45. The summed E-state index contributed by atoms with van der Waals surface area (Å²) in [6.07, 6.45) is 2.70. The molecule has 5 heteroatoms. The molecule has 1 saturated carbocycles. The lowest BCUT2D eigenvalue weighted by molar-refractivity contribution is 0.246. The highest BCUT2D eigenvalue weighted by Gasteiger charge is 2.29. The van der Waals surface area contributed by atoms with Crippen molar-refractivity contribution in [2.24, 2.45) is 4.99 Å². The number of likely N-dealkylation sites (N-methyl/N-ethyl adjacent to an activating group) is 1. The standard InChI is InChI=1S/C18H30N4.HI/c1-14-6-8-16(9-7-14)13-21(4)18(19-3)20-12-15(2)22(5)17-10-11-17;/h6-9,15,17H,10-13H2,1-5H3,(H,19,20);1H. The van der Waals surface area contributed by atoms with Crippen LogP contribution in [-0.2, 0) is 6.54 Å². The van der Waals surface area contributed by atoms with Crippen molar-refractivity contribution >= 4 is 29.9 Å². The summed E-state index contributed by atoms with van der Waals surface area (Å²) >= 11 is 0. The zero-order chi connectivity index (χ0) is 16.1. The lowest BCUT2D eigenvalue weighted by Gasteiger charge is -2.28. The number of guanidine groups is 1. The molecule has 0 aliphatic heterocycles. The van der Waals surface area contributed by atoms with Gasteiger partial charge < -0.3 is 10.2 Å². The smallest absolute Gasteiger partial charge is 0.193 e. The van der Waals surface area contributed by atoms with Gasteiger partial charge in [-0.05, 0) is 39.3 Å². The van der Waals surface area contributed by atoms with E-state index in [1.165, 1.54) is 24.0 Å². The number of hydrogen-bond donors (Lipinski definition) is 1. The molecule has 1 atom stereocenters. The molecular formula is C18H31IN4. The summed E-state index contributed by atoms with van der Waals surface area (Å²) in [4.78, 5) is 9.05. The zero-order valence-electron chi connectivity index (χ0n) is 15.0. The van der Waals surface area contributed by atoms with Gasteiger partial charge in [-0.3, -0.25) is 9.89 Å². The first kappa shape index (κ1) is 20.2. The van der Waals surface area contributed by atoms with Gasteiger partial charge in [-0.2, -0.15) is 0 Å². The van der Waals surface area contributed by atoms with Gasteiger partial charge in [-0.1, -0.05) is 29.8 Å². The molecule has 1 N–H and O–H groups in total. The minimum absolute atomic E-state index is 0. The molecule has 1 unspecified atom stereocenters. The molecule has 0 bridgehead atoms. The molecule has 0 heterocycles. The van der Waals surface area contributed by atoms with E-state index in [0.29, 0.717) is 6.04 Å². The van der Waals surface area contributed by atoms with Crippen LogP contribution in [0, 0.1) is 6.92 Å². The van der Waals surface area contributed by atoms with Crippen LogP contribution >= 0.6 is 24.0 Å². The highest BCUT2D eigenvalue weighted by molar-refractivity contribution is 14.0. The van der Waals surface area contributed by atoms with E-state index in [0.717, 1.165) is 25.1 Å². The van der Waals surface area contributed by atoms with Gasteiger partial charge in [0.2, 0.25) is 0 Å². The second-order valence-electron chi connectivity index (χ2n) is 6.52. The molecule has 130 valence electrons. The first-order chi connectivity index (χ1) is 10.5. The van der Waals surface area contributed by atoms with Gasteiger partial charge in [0.15, 0.2) is 5.96 Å². The Morgan fingerprint density at radius 3 is 2.39 bits per heavy atom. The average Bonchev–Trinajstić information content (AvgIpc) is 3.34. The van der Waals surface area contributed by atoms with Crippen LogP contribution in [-0.4, -0.2) is 55.5 Å². The third-order valence-corrected chi connectivity index (χ3v) is 4.49. The second-order valence-corrected chi connectivity index (χ2v) is 6.52. The summed E-state index contributed by atoms with van der Waals surface area (Å²) < 4.78 is 0. The molecule has 0 spiro atoms. The Bertz CT molecular complexity index is 496. The van der Waals surface area contributed by atoms with E-state index in [1.54, 1.807) is 0 Å². The maximum absolute atomic E-state index is 4.41. The predicted octanol–water partition coefficient (Wildman–Crippen LogP) is 3.10. The van der Waals surface area contributed by atoms with E-state index in [-0.39, 0.29) is 24.0 Å². The maximum Gasteiger partial charge on any atom is 0.193 e. The Labute approximate surface area is 158 Å². The number of benzene rings is 1. The molecule has 1 aromatic carbocycles. The van der Waals surface area contributed by atoms with Crippen LogP contribution in [0.5, 0.6) is 0 Å². The molecule has 0 radical (unpaired) electrons. The molecule has 0 amide bonds. The Morgan fingerprint density at radius 1 is 1.26 bits per heavy atom. The summed E-state index contributed by atoms with van der Waals surface area (Å²) in [5.74, 6) is 0.955. The van der Waals surface area contributed by atoms with Crippen molar-refractivity contribution in [2.75, 3.05) is 27.7 Å². The van der Waals surface area contributed by atoms with Gasteiger partial charge in [0.05, 0.1) is 0 Å². The summed E-state index contributed by atoms with van der Waals surface area (Å²) in [6, 6.07) is 10.0. The van der Waals surface area contributed by atoms with Gasteiger partial charge in [0, 0.05) is 39.3 Å². The number of nitrogens with zero attached hydrogens (tertiary/aromatic N) is 3. The number of halogens is 1. The quantitative estimate of drug-likeness (QED) is 0.428. The summed E-state index contributed by atoms with van der Waals surface area (Å²) in [5.41, 5.74) is 2.60. The minimum atomic E-state index is 0. The summed E-state index contributed by atoms with van der Waals surface area (Å²) in [5, 5.41) is 3.50. The molecule has 0 aromatic heterocycles. The fourth-order valence-corrected chi connectivity index (χ4v) is 2.65. The van der Waals surface area contributed by atoms with Crippen LogP contribution in [0.15, 0.2) is 29.3 Å². The van der Waals surface area contributed by atoms with Crippen molar-refractivity contribution in [2.45, 2.75) is 45.3 Å². The predicted molar refractivity (Wildman–Crippen MR) is 110 cm³/mol.